The van der Waals surface area contributed by atoms with Crippen LogP contribution in [0.4, 0.5) is 0 Å². The van der Waals surface area contributed by atoms with Crippen molar-refractivity contribution in [2.24, 2.45) is 0 Å². The predicted octanol–water partition coefficient (Wildman–Crippen LogP) is 1.97. The zero-order valence-corrected chi connectivity index (χ0v) is 7.34. The molecular formula is C8H7BrO2. The van der Waals surface area contributed by atoms with Crippen LogP contribution in [0.25, 0.3) is 0 Å². The van der Waals surface area contributed by atoms with Crippen LogP contribution in [-0.4, -0.2) is 16.2 Å². The molecule has 0 spiro atoms. The number of alkyl halides is 1. The van der Waals surface area contributed by atoms with Gasteiger partial charge in [0, 0.05) is 0 Å². The van der Waals surface area contributed by atoms with Gasteiger partial charge in [-0.2, -0.15) is 0 Å². The summed E-state index contributed by atoms with van der Waals surface area (Å²) in [4.78, 5) is 11.0. The average molecular weight is 215 g/mol. The highest BCUT2D eigenvalue weighted by Gasteiger charge is 2.06. The lowest BCUT2D eigenvalue weighted by molar-refractivity contribution is 0.102. The van der Waals surface area contributed by atoms with Crippen molar-refractivity contribution in [1.29, 1.82) is 0 Å². The number of phenols is 1. The third-order valence-electron chi connectivity index (χ3n) is 1.33. The number of carbonyl (C=O) groups excluding carboxylic acids is 1. The van der Waals surface area contributed by atoms with Gasteiger partial charge in [-0.15, -0.1) is 0 Å². The summed E-state index contributed by atoms with van der Waals surface area (Å²) in [5.74, 6) is -0.0694. The number of benzene rings is 1. The Morgan fingerprint density at radius 2 is 2.09 bits per heavy atom. The van der Waals surface area contributed by atoms with Crippen LogP contribution in [0.3, 0.4) is 0 Å². The van der Waals surface area contributed by atoms with Gasteiger partial charge in [-0.05, 0) is 12.1 Å². The topological polar surface area (TPSA) is 37.3 Å². The molecule has 3 heteroatoms. The van der Waals surface area contributed by atoms with Crippen LogP contribution in [0.1, 0.15) is 10.4 Å². The molecule has 0 bridgehead atoms. The van der Waals surface area contributed by atoms with Gasteiger partial charge in [0.05, 0.1) is 10.9 Å². The lowest BCUT2D eigenvalue weighted by Gasteiger charge is -1.98. The predicted molar refractivity (Wildman–Crippen MR) is 46.2 cm³/mol. The molecule has 0 unspecified atom stereocenters. The Hall–Kier alpha value is -0.830. The van der Waals surface area contributed by atoms with E-state index in [-0.39, 0.29) is 16.9 Å². The van der Waals surface area contributed by atoms with Crippen molar-refractivity contribution in [3.8, 4) is 5.75 Å². The zero-order chi connectivity index (χ0) is 8.27. The fraction of sp³-hybridized carbons (Fsp3) is 0.125. The fourth-order valence-electron chi connectivity index (χ4n) is 0.781. The first-order valence-electron chi connectivity index (χ1n) is 3.13. The largest absolute Gasteiger partial charge is 0.507 e. The molecule has 0 aliphatic rings. The Labute approximate surface area is 73.0 Å². The molecule has 58 valence electrons. The van der Waals surface area contributed by atoms with Crippen LogP contribution in [-0.2, 0) is 0 Å². The number of ketones is 1. The molecule has 0 saturated heterocycles. The molecule has 0 aliphatic carbocycles. The number of para-hydroxylation sites is 1. The van der Waals surface area contributed by atoms with Gasteiger partial charge in [-0.3, -0.25) is 4.79 Å². The number of halogens is 1. The molecule has 0 aliphatic heterocycles. The normalized spacial score (nSPS) is 9.55. The van der Waals surface area contributed by atoms with E-state index in [1.54, 1.807) is 18.2 Å². The minimum Gasteiger partial charge on any atom is -0.507 e. The Kier molecular flexibility index (Phi) is 2.65. The standard InChI is InChI=1S/C8H7BrO2/c9-5-8(11)6-3-1-2-4-7(6)10/h1-4,10H,5H2. The summed E-state index contributed by atoms with van der Waals surface area (Å²) in [5.41, 5.74) is 0.365. The summed E-state index contributed by atoms with van der Waals surface area (Å²) in [5, 5.41) is 9.41. The minimum absolute atomic E-state index is 0.0388. The molecule has 0 fully saturated rings. The molecule has 0 amide bonds. The molecule has 0 radical (unpaired) electrons. The highest BCUT2D eigenvalue weighted by atomic mass is 79.9. The Morgan fingerprint density at radius 3 is 2.64 bits per heavy atom. The molecule has 0 saturated carbocycles. The van der Waals surface area contributed by atoms with E-state index >= 15 is 0 Å². The highest BCUT2D eigenvalue weighted by molar-refractivity contribution is 9.09. The summed E-state index contributed by atoms with van der Waals surface area (Å²) in [7, 11) is 0. The van der Waals surface area contributed by atoms with E-state index in [4.69, 9.17) is 0 Å². The molecule has 1 rings (SSSR count). The minimum atomic E-state index is -0.108. The van der Waals surface area contributed by atoms with E-state index in [9.17, 15) is 9.90 Å². The van der Waals surface area contributed by atoms with Gasteiger partial charge < -0.3 is 5.11 Å². The second-order valence-electron chi connectivity index (χ2n) is 2.07. The van der Waals surface area contributed by atoms with Gasteiger partial charge in [0.25, 0.3) is 0 Å². The van der Waals surface area contributed by atoms with Crippen LogP contribution in [0.5, 0.6) is 5.75 Å². The molecule has 0 atom stereocenters. The van der Waals surface area contributed by atoms with E-state index in [1.165, 1.54) is 6.07 Å². The third-order valence-corrected chi connectivity index (χ3v) is 1.84. The van der Waals surface area contributed by atoms with Gasteiger partial charge in [0.1, 0.15) is 5.75 Å². The zero-order valence-electron chi connectivity index (χ0n) is 5.75. The molecule has 2 nitrogen and oxygen atoms in total. The van der Waals surface area contributed by atoms with E-state index < -0.39 is 0 Å². The summed E-state index contributed by atoms with van der Waals surface area (Å²) in [6.45, 7) is 0. The Bertz CT molecular complexity index is 271. The first kappa shape index (κ1) is 8.27. The van der Waals surface area contributed by atoms with Crippen LogP contribution in [0.2, 0.25) is 0 Å². The molecule has 0 aromatic heterocycles. The van der Waals surface area contributed by atoms with E-state index in [2.05, 4.69) is 15.9 Å². The monoisotopic (exact) mass is 214 g/mol. The summed E-state index contributed by atoms with van der Waals surface area (Å²) in [6, 6.07) is 6.49. The van der Waals surface area contributed by atoms with E-state index in [1.807, 2.05) is 0 Å². The summed E-state index contributed by atoms with van der Waals surface area (Å²) < 4.78 is 0. The van der Waals surface area contributed by atoms with Crippen molar-refractivity contribution in [3.05, 3.63) is 29.8 Å². The molecule has 1 aromatic carbocycles. The van der Waals surface area contributed by atoms with Gasteiger partial charge in [0.15, 0.2) is 5.78 Å². The van der Waals surface area contributed by atoms with Crippen LogP contribution in [0.15, 0.2) is 24.3 Å². The van der Waals surface area contributed by atoms with Crippen molar-refractivity contribution in [3.63, 3.8) is 0 Å². The van der Waals surface area contributed by atoms with Gasteiger partial charge >= 0.3 is 0 Å². The van der Waals surface area contributed by atoms with Gasteiger partial charge in [-0.25, -0.2) is 0 Å². The number of hydrogen-bond acceptors (Lipinski definition) is 2. The molecular weight excluding hydrogens is 208 g/mol. The van der Waals surface area contributed by atoms with Crippen molar-refractivity contribution >= 4 is 21.7 Å². The van der Waals surface area contributed by atoms with Crippen LogP contribution >= 0.6 is 15.9 Å². The van der Waals surface area contributed by atoms with E-state index in [0.717, 1.165) is 0 Å². The number of Topliss-reactive ketones (excluding diaryl/α,β-unsaturated/α-hetero) is 1. The van der Waals surface area contributed by atoms with E-state index in [0.29, 0.717) is 5.56 Å². The average Bonchev–Trinajstić information content (AvgIpc) is 2.04. The molecule has 1 aromatic rings. The Morgan fingerprint density at radius 1 is 1.45 bits per heavy atom. The Balaban J connectivity index is 3.03. The van der Waals surface area contributed by atoms with Gasteiger partial charge in [-0.1, -0.05) is 28.1 Å². The van der Waals surface area contributed by atoms with Crippen LogP contribution < -0.4 is 0 Å². The maximum absolute atomic E-state index is 11.0. The van der Waals surface area contributed by atoms with Crippen molar-refractivity contribution in [1.82, 2.24) is 0 Å². The molecule has 1 N–H and O–H groups in total. The van der Waals surface area contributed by atoms with Crippen molar-refractivity contribution in [2.75, 3.05) is 5.33 Å². The quantitative estimate of drug-likeness (QED) is 0.604. The van der Waals surface area contributed by atoms with Gasteiger partial charge in [0.2, 0.25) is 0 Å². The first-order valence-corrected chi connectivity index (χ1v) is 4.25. The lowest BCUT2D eigenvalue weighted by Crippen LogP contribution is -1.99. The maximum atomic E-state index is 11.0. The van der Waals surface area contributed by atoms with Crippen molar-refractivity contribution < 1.29 is 9.90 Å². The fourth-order valence-corrected chi connectivity index (χ4v) is 1.08. The lowest BCUT2D eigenvalue weighted by atomic mass is 10.1. The third kappa shape index (κ3) is 1.80. The SMILES string of the molecule is O=C(CBr)c1ccccc1O. The second kappa shape index (κ2) is 3.53. The maximum Gasteiger partial charge on any atom is 0.177 e. The number of carbonyl (C=O) groups is 1. The van der Waals surface area contributed by atoms with Crippen LogP contribution in [0, 0.1) is 0 Å². The smallest absolute Gasteiger partial charge is 0.177 e. The summed E-state index contributed by atoms with van der Waals surface area (Å²) in [6.07, 6.45) is 0. The first-order chi connectivity index (χ1) is 5.25. The van der Waals surface area contributed by atoms with Crippen molar-refractivity contribution in [2.45, 2.75) is 0 Å². The summed E-state index contributed by atoms with van der Waals surface area (Å²) >= 11 is 3.02. The molecule has 11 heavy (non-hydrogen) atoms. The number of hydrogen-bond donors (Lipinski definition) is 1. The number of rotatable bonds is 2. The number of aromatic hydroxyl groups is 1. The molecule has 0 heterocycles. The highest BCUT2D eigenvalue weighted by Crippen LogP contribution is 2.16. The second-order valence-corrected chi connectivity index (χ2v) is 2.63. The number of phenolic OH excluding ortho intramolecular Hbond substituents is 1.